The Hall–Kier alpha value is -0.520. The van der Waals surface area contributed by atoms with E-state index >= 15 is 0 Å². The Morgan fingerprint density at radius 1 is 0.632 bits per heavy atom. The molecule has 0 aromatic heterocycles. The topological polar surface area (TPSA) is 0 Å². The zero-order valence-corrected chi connectivity index (χ0v) is 13.9. The summed E-state index contributed by atoms with van der Waals surface area (Å²) in [5.74, 6) is 0. The molecule has 0 radical (unpaired) electrons. The monoisotopic (exact) mass is 264 g/mol. The summed E-state index contributed by atoms with van der Waals surface area (Å²) in [6, 6.07) is 0. The van der Waals surface area contributed by atoms with Crippen molar-refractivity contribution in [1.29, 1.82) is 0 Å². The number of hydrogen-bond donors (Lipinski definition) is 0. The van der Waals surface area contributed by atoms with E-state index in [0.717, 1.165) is 0 Å². The molecule has 0 amide bonds. The van der Waals surface area contributed by atoms with Gasteiger partial charge in [-0.1, -0.05) is 69.2 Å². The lowest BCUT2D eigenvalue weighted by Gasteiger charge is -2.02. The second kappa shape index (κ2) is 13.9. The molecular weight excluding hydrogens is 228 g/mol. The molecule has 0 atom stereocenters. The maximum absolute atomic E-state index is 2.45. The van der Waals surface area contributed by atoms with Crippen molar-refractivity contribution in [2.45, 2.75) is 98.3 Å². The van der Waals surface area contributed by atoms with E-state index in [2.05, 4.69) is 39.8 Å². The molecular formula is C19H36. The van der Waals surface area contributed by atoms with E-state index < -0.39 is 0 Å². The molecule has 0 aromatic rings. The standard InChI is InChI=1S/C19H36/c1-5-7-9-11-14-18(3)16-13-17-19(4)15-12-10-8-6-2/h14,17H,5-13,15-16H2,1-4H3/b18-14+,19-17+. The van der Waals surface area contributed by atoms with Crippen molar-refractivity contribution in [2.75, 3.05) is 0 Å². The zero-order chi connectivity index (χ0) is 14.3. The molecule has 0 nitrogen and oxygen atoms in total. The van der Waals surface area contributed by atoms with E-state index in [1.165, 1.54) is 70.6 Å². The van der Waals surface area contributed by atoms with E-state index in [-0.39, 0.29) is 0 Å². The Bertz CT molecular complexity index is 245. The Kier molecular flexibility index (Phi) is 13.5. The predicted octanol–water partition coefficient (Wildman–Crippen LogP) is 7.21. The van der Waals surface area contributed by atoms with Crippen LogP contribution in [0, 0.1) is 0 Å². The second-order valence-electron chi connectivity index (χ2n) is 5.95. The van der Waals surface area contributed by atoms with Crippen LogP contribution in [0.5, 0.6) is 0 Å². The molecule has 0 saturated carbocycles. The highest BCUT2D eigenvalue weighted by molar-refractivity contribution is 5.03. The highest BCUT2D eigenvalue weighted by Crippen LogP contribution is 2.13. The summed E-state index contributed by atoms with van der Waals surface area (Å²) in [6.07, 6.45) is 19.5. The molecule has 0 saturated heterocycles. The van der Waals surface area contributed by atoms with Gasteiger partial charge in [0.15, 0.2) is 0 Å². The van der Waals surface area contributed by atoms with Crippen LogP contribution in [-0.2, 0) is 0 Å². The molecule has 0 aliphatic heterocycles. The fourth-order valence-electron chi connectivity index (χ4n) is 2.32. The van der Waals surface area contributed by atoms with Crippen LogP contribution in [0.4, 0.5) is 0 Å². The van der Waals surface area contributed by atoms with Crippen molar-refractivity contribution in [1.82, 2.24) is 0 Å². The largest absolute Gasteiger partial charge is 0.0856 e. The Balaban J connectivity index is 3.62. The number of hydrogen-bond acceptors (Lipinski definition) is 0. The van der Waals surface area contributed by atoms with E-state index in [4.69, 9.17) is 0 Å². The van der Waals surface area contributed by atoms with Gasteiger partial charge in [-0.2, -0.15) is 0 Å². The third-order valence-electron chi connectivity index (χ3n) is 3.76. The lowest BCUT2D eigenvalue weighted by atomic mass is 10.0. The van der Waals surface area contributed by atoms with E-state index in [1.807, 2.05) is 0 Å². The minimum absolute atomic E-state index is 1.23. The molecule has 0 bridgehead atoms. The van der Waals surface area contributed by atoms with Gasteiger partial charge in [0.25, 0.3) is 0 Å². The summed E-state index contributed by atoms with van der Waals surface area (Å²) < 4.78 is 0. The fraction of sp³-hybridized carbons (Fsp3) is 0.789. The van der Waals surface area contributed by atoms with Crippen molar-refractivity contribution in [3.63, 3.8) is 0 Å². The normalized spacial score (nSPS) is 13.1. The molecule has 112 valence electrons. The number of unbranched alkanes of at least 4 members (excludes halogenated alkanes) is 6. The molecule has 0 heterocycles. The Morgan fingerprint density at radius 3 is 1.89 bits per heavy atom. The van der Waals surface area contributed by atoms with Crippen molar-refractivity contribution < 1.29 is 0 Å². The molecule has 0 aliphatic carbocycles. The molecule has 0 unspecified atom stereocenters. The van der Waals surface area contributed by atoms with Crippen molar-refractivity contribution in [3.05, 3.63) is 23.3 Å². The smallest absolute Gasteiger partial charge is 0.0288 e. The zero-order valence-electron chi connectivity index (χ0n) is 13.9. The fourth-order valence-corrected chi connectivity index (χ4v) is 2.32. The summed E-state index contributed by atoms with van der Waals surface area (Å²) in [6.45, 7) is 9.13. The summed E-state index contributed by atoms with van der Waals surface area (Å²) >= 11 is 0. The van der Waals surface area contributed by atoms with Gasteiger partial charge in [0.05, 0.1) is 0 Å². The van der Waals surface area contributed by atoms with Crippen LogP contribution in [-0.4, -0.2) is 0 Å². The lowest BCUT2D eigenvalue weighted by molar-refractivity contribution is 0.663. The summed E-state index contributed by atoms with van der Waals surface area (Å²) in [4.78, 5) is 0. The molecule has 0 rings (SSSR count). The first kappa shape index (κ1) is 18.5. The lowest BCUT2D eigenvalue weighted by Crippen LogP contribution is -1.82. The molecule has 0 spiro atoms. The van der Waals surface area contributed by atoms with Crippen LogP contribution in [0.1, 0.15) is 98.3 Å². The van der Waals surface area contributed by atoms with Crippen LogP contribution in [0.3, 0.4) is 0 Å². The highest BCUT2D eigenvalue weighted by Gasteiger charge is 1.93. The van der Waals surface area contributed by atoms with Gasteiger partial charge in [0, 0.05) is 0 Å². The molecule has 0 aliphatic rings. The van der Waals surface area contributed by atoms with Gasteiger partial charge in [-0.05, 0) is 52.4 Å². The van der Waals surface area contributed by atoms with E-state index in [0.29, 0.717) is 0 Å². The van der Waals surface area contributed by atoms with Gasteiger partial charge in [-0.3, -0.25) is 0 Å². The maximum atomic E-state index is 2.45. The number of rotatable bonds is 12. The summed E-state index contributed by atoms with van der Waals surface area (Å²) in [5, 5.41) is 0. The first-order chi connectivity index (χ1) is 9.20. The van der Waals surface area contributed by atoms with E-state index in [1.54, 1.807) is 11.1 Å². The van der Waals surface area contributed by atoms with Gasteiger partial charge in [0.2, 0.25) is 0 Å². The van der Waals surface area contributed by atoms with Gasteiger partial charge < -0.3 is 0 Å². The average molecular weight is 264 g/mol. The first-order valence-electron chi connectivity index (χ1n) is 8.52. The Morgan fingerprint density at radius 2 is 1.21 bits per heavy atom. The minimum Gasteiger partial charge on any atom is -0.0856 e. The van der Waals surface area contributed by atoms with Crippen LogP contribution in [0.15, 0.2) is 23.3 Å². The number of allylic oxidation sites excluding steroid dienone is 4. The molecule has 0 fully saturated rings. The minimum atomic E-state index is 1.23. The SMILES string of the molecule is CCCCC/C=C(\C)CC/C=C(\C)CCCCCC. The predicted molar refractivity (Wildman–Crippen MR) is 89.6 cm³/mol. The highest BCUT2D eigenvalue weighted by atomic mass is 14.0. The van der Waals surface area contributed by atoms with E-state index in [9.17, 15) is 0 Å². The van der Waals surface area contributed by atoms with Gasteiger partial charge in [0.1, 0.15) is 0 Å². The van der Waals surface area contributed by atoms with Crippen LogP contribution < -0.4 is 0 Å². The van der Waals surface area contributed by atoms with Gasteiger partial charge >= 0.3 is 0 Å². The quantitative estimate of drug-likeness (QED) is 0.258. The molecule has 0 aromatic carbocycles. The Labute approximate surface area is 122 Å². The summed E-state index contributed by atoms with van der Waals surface area (Å²) in [5.41, 5.74) is 3.17. The molecule has 0 heteroatoms. The van der Waals surface area contributed by atoms with Crippen LogP contribution in [0.2, 0.25) is 0 Å². The van der Waals surface area contributed by atoms with Gasteiger partial charge in [-0.25, -0.2) is 0 Å². The molecule has 19 heavy (non-hydrogen) atoms. The van der Waals surface area contributed by atoms with Crippen molar-refractivity contribution >= 4 is 0 Å². The van der Waals surface area contributed by atoms with Crippen LogP contribution in [0.25, 0.3) is 0 Å². The van der Waals surface area contributed by atoms with Crippen molar-refractivity contribution in [3.8, 4) is 0 Å². The van der Waals surface area contributed by atoms with Gasteiger partial charge in [-0.15, -0.1) is 0 Å². The first-order valence-corrected chi connectivity index (χ1v) is 8.52. The average Bonchev–Trinajstić information content (AvgIpc) is 2.40. The second-order valence-corrected chi connectivity index (χ2v) is 5.95. The molecule has 0 N–H and O–H groups in total. The third kappa shape index (κ3) is 13.7. The maximum Gasteiger partial charge on any atom is -0.0288 e. The van der Waals surface area contributed by atoms with Crippen molar-refractivity contribution in [2.24, 2.45) is 0 Å². The summed E-state index contributed by atoms with van der Waals surface area (Å²) in [7, 11) is 0. The van der Waals surface area contributed by atoms with Crippen LogP contribution >= 0.6 is 0 Å². The third-order valence-corrected chi connectivity index (χ3v) is 3.76.